The summed E-state index contributed by atoms with van der Waals surface area (Å²) in [5.74, 6) is 1.61. The molecule has 0 saturated heterocycles. The highest BCUT2D eigenvalue weighted by Gasteiger charge is 2.14. The quantitative estimate of drug-likeness (QED) is 0.729. The van der Waals surface area contributed by atoms with E-state index >= 15 is 0 Å². The standard InChI is InChI=1S/C18H15N5O3/c24-18(20-10-12-2-1-7-19-9-12)14-4-6-17(23-22-14)21-13-3-5-15-16(8-13)26-11-25-15/h1-9H,10-11H2,(H,20,24)(H,21,23). The number of ether oxygens (including phenoxy) is 2. The maximum Gasteiger partial charge on any atom is 0.272 e. The number of anilines is 2. The van der Waals surface area contributed by atoms with E-state index in [9.17, 15) is 4.79 Å². The first-order chi connectivity index (χ1) is 12.8. The van der Waals surface area contributed by atoms with Crippen molar-refractivity contribution in [1.82, 2.24) is 20.5 Å². The van der Waals surface area contributed by atoms with Crippen molar-refractivity contribution >= 4 is 17.4 Å². The van der Waals surface area contributed by atoms with Crippen molar-refractivity contribution in [3.8, 4) is 11.5 Å². The lowest BCUT2D eigenvalue weighted by Gasteiger charge is -2.07. The number of benzene rings is 1. The van der Waals surface area contributed by atoms with Crippen LogP contribution in [0.25, 0.3) is 0 Å². The molecule has 1 aliphatic heterocycles. The maximum absolute atomic E-state index is 12.1. The highest BCUT2D eigenvalue weighted by molar-refractivity contribution is 5.92. The van der Waals surface area contributed by atoms with E-state index in [-0.39, 0.29) is 18.4 Å². The van der Waals surface area contributed by atoms with E-state index in [4.69, 9.17) is 9.47 Å². The van der Waals surface area contributed by atoms with Crippen LogP contribution in [0.2, 0.25) is 0 Å². The molecule has 2 N–H and O–H groups in total. The van der Waals surface area contributed by atoms with Gasteiger partial charge in [-0.1, -0.05) is 6.07 Å². The largest absolute Gasteiger partial charge is 0.454 e. The molecule has 1 aliphatic rings. The van der Waals surface area contributed by atoms with E-state index in [1.165, 1.54) is 0 Å². The number of nitrogens with one attached hydrogen (secondary N) is 2. The zero-order valence-electron chi connectivity index (χ0n) is 13.7. The van der Waals surface area contributed by atoms with Crippen molar-refractivity contribution in [1.29, 1.82) is 0 Å². The monoisotopic (exact) mass is 349 g/mol. The van der Waals surface area contributed by atoms with Crippen LogP contribution in [0, 0.1) is 0 Å². The van der Waals surface area contributed by atoms with Gasteiger partial charge in [0.05, 0.1) is 0 Å². The van der Waals surface area contributed by atoms with Crippen LogP contribution >= 0.6 is 0 Å². The van der Waals surface area contributed by atoms with Crippen LogP contribution in [0.3, 0.4) is 0 Å². The fraction of sp³-hybridized carbons (Fsp3) is 0.111. The minimum atomic E-state index is -0.295. The van der Waals surface area contributed by atoms with Crippen LogP contribution in [0.5, 0.6) is 11.5 Å². The third kappa shape index (κ3) is 3.54. The second-order valence-corrected chi connectivity index (χ2v) is 5.54. The zero-order chi connectivity index (χ0) is 17.8. The molecule has 26 heavy (non-hydrogen) atoms. The molecule has 0 atom stereocenters. The lowest BCUT2D eigenvalue weighted by Crippen LogP contribution is -2.24. The molecule has 0 radical (unpaired) electrons. The number of hydrogen-bond acceptors (Lipinski definition) is 7. The summed E-state index contributed by atoms with van der Waals surface area (Å²) in [7, 11) is 0. The molecule has 3 aromatic rings. The first kappa shape index (κ1) is 15.8. The van der Waals surface area contributed by atoms with Gasteiger partial charge in [0.1, 0.15) is 0 Å². The van der Waals surface area contributed by atoms with Gasteiger partial charge in [0.25, 0.3) is 5.91 Å². The summed E-state index contributed by atoms with van der Waals surface area (Å²) in [6, 6.07) is 12.5. The number of fused-ring (bicyclic) bond motifs is 1. The molecule has 0 aliphatic carbocycles. The van der Waals surface area contributed by atoms with Crippen LogP contribution in [0.15, 0.2) is 54.9 Å². The lowest BCUT2D eigenvalue weighted by atomic mass is 10.2. The smallest absolute Gasteiger partial charge is 0.272 e. The molecular weight excluding hydrogens is 334 g/mol. The number of amides is 1. The topological polar surface area (TPSA) is 98.3 Å². The Morgan fingerprint density at radius 2 is 2.00 bits per heavy atom. The summed E-state index contributed by atoms with van der Waals surface area (Å²) >= 11 is 0. The average Bonchev–Trinajstić information content (AvgIpc) is 3.15. The van der Waals surface area contributed by atoms with Crippen molar-refractivity contribution in [2.24, 2.45) is 0 Å². The van der Waals surface area contributed by atoms with Gasteiger partial charge in [-0.25, -0.2) is 0 Å². The van der Waals surface area contributed by atoms with Gasteiger partial charge in [0.15, 0.2) is 23.0 Å². The summed E-state index contributed by atoms with van der Waals surface area (Å²) in [6.07, 6.45) is 3.38. The molecule has 3 heterocycles. The summed E-state index contributed by atoms with van der Waals surface area (Å²) in [5.41, 5.74) is 1.94. The third-order valence-corrected chi connectivity index (χ3v) is 3.72. The fourth-order valence-corrected chi connectivity index (χ4v) is 2.42. The lowest BCUT2D eigenvalue weighted by molar-refractivity contribution is 0.0945. The highest BCUT2D eigenvalue weighted by Crippen LogP contribution is 2.34. The fourth-order valence-electron chi connectivity index (χ4n) is 2.42. The minimum absolute atomic E-state index is 0.224. The Morgan fingerprint density at radius 1 is 1.08 bits per heavy atom. The predicted octanol–water partition coefficient (Wildman–Crippen LogP) is 2.27. The Hall–Kier alpha value is -3.68. The van der Waals surface area contributed by atoms with Crippen LogP contribution < -0.4 is 20.1 Å². The van der Waals surface area contributed by atoms with Gasteiger partial charge in [0.2, 0.25) is 6.79 Å². The molecule has 0 fully saturated rings. The highest BCUT2D eigenvalue weighted by atomic mass is 16.7. The van der Waals surface area contributed by atoms with Crippen molar-refractivity contribution in [2.45, 2.75) is 6.54 Å². The van der Waals surface area contributed by atoms with E-state index in [0.717, 1.165) is 11.3 Å². The zero-order valence-corrected chi connectivity index (χ0v) is 13.7. The van der Waals surface area contributed by atoms with Crippen molar-refractivity contribution in [3.63, 3.8) is 0 Å². The Balaban J connectivity index is 1.38. The normalized spacial score (nSPS) is 11.8. The van der Waals surface area contributed by atoms with E-state index in [1.807, 2.05) is 30.3 Å². The van der Waals surface area contributed by atoms with Crippen LogP contribution in [0.1, 0.15) is 16.1 Å². The summed E-state index contributed by atoms with van der Waals surface area (Å²) in [6.45, 7) is 0.604. The van der Waals surface area contributed by atoms with Gasteiger partial charge >= 0.3 is 0 Å². The van der Waals surface area contributed by atoms with Gasteiger partial charge in [-0.3, -0.25) is 9.78 Å². The SMILES string of the molecule is O=C(NCc1cccnc1)c1ccc(Nc2ccc3c(c2)OCO3)nn1. The minimum Gasteiger partial charge on any atom is -0.454 e. The van der Waals surface area contributed by atoms with Gasteiger partial charge in [-0.05, 0) is 35.9 Å². The molecule has 0 unspecified atom stereocenters. The van der Waals surface area contributed by atoms with E-state index in [1.54, 1.807) is 24.5 Å². The molecule has 0 bridgehead atoms. The van der Waals surface area contributed by atoms with Gasteiger partial charge in [-0.15, -0.1) is 10.2 Å². The average molecular weight is 349 g/mol. The van der Waals surface area contributed by atoms with Crippen molar-refractivity contribution in [2.75, 3.05) is 12.1 Å². The third-order valence-electron chi connectivity index (χ3n) is 3.72. The molecule has 0 spiro atoms. The van der Waals surface area contributed by atoms with Gasteiger partial charge in [-0.2, -0.15) is 0 Å². The summed E-state index contributed by atoms with van der Waals surface area (Å²) in [4.78, 5) is 16.1. The molecule has 1 aromatic carbocycles. The second kappa shape index (κ2) is 7.06. The molecular formula is C18H15N5O3. The number of rotatable bonds is 5. The summed E-state index contributed by atoms with van der Waals surface area (Å²) < 4.78 is 10.6. The van der Waals surface area contributed by atoms with Crippen molar-refractivity contribution < 1.29 is 14.3 Å². The summed E-state index contributed by atoms with van der Waals surface area (Å²) in [5, 5.41) is 13.9. The molecule has 2 aromatic heterocycles. The van der Waals surface area contributed by atoms with Crippen LogP contribution in [0.4, 0.5) is 11.5 Å². The van der Waals surface area contributed by atoms with Gasteiger partial charge < -0.3 is 20.1 Å². The van der Waals surface area contributed by atoms with E-state index in [2.05, 4.69) is 25.8 Å². The predicted molar refractivity (Wildman–Crippen MR) is 93.3 cm³/mol. The van der Waals surface area contributed by atoms with E-state index < -0.39 is 0 Å². The number of aromatic nitrogens is 3. The molecule has 8 nitrogen and oxygen atoms in total. The number of pyridine rings is 1. The molecule has 8 heteroatoms. The number of nitrogens with zero attached hydrogens (tertiary/aromatic N) is 3. The number of hydrogen-bond donors (Lipinski definition) is 2. The molecule has 1 amide bonds. The van der Waals surface area contributed by atoms with Crippen LogP contribution in [-0.4, -0.2) is 27.9 Å². The Bertz CT molecular complexity index is 916. The van der Waals surface area contributed by atoms with Gasteiger partial charge in [0, 0.05) is 30.7 Å². The first-order valence-corrected chi connectivity index (χ1v) is 7.95. The second-order valence-electron chi connectivity index (χ2n) is 5.54. The Labute approximate surface area is 149 Å². The maximum atomic E-state index is 12.1. The van der Waals surface area contributed by atoms with Crippen LogP contribution in [-0.2, 0) is 6.54 Å². The number of carbonyl (C=O) groups excluding carboxylic acids is 1. The number of carbonyl (C=O) groups is 1. The Kier molecular flexibility index (Phi) is 4.29. The molecule has 130 valence electrons. The molecule has 0 saturated carbocycles. The molecule has 4 rings (SSSR count). The van der Waals surface area contributed by atoms with E-state index in [0.29, 0.717) is 23.9 Å². The van der Waals surface area contributed by atoms with Crippen molar-refractivity contribution in [3.05, 3.63) is 66.1 Å². The first-order valence-electron chi connectivity index (χ1n) is 7.95. The Morgan fingerprint density at radius 3 is 2.81 bits per heavy atom.